The number of rotatable bonds is 9. The second-order valence-electron chi connectivity index (χ2n) is 5.55. The van der Waals surface area contributed by atoms with E-state index in [2.05, 4.69) is 15.6 Å². The number of unbranched alkanes of at least 4 members (excludes halogenated alkanes) is 2. The van der Waals surface area contributed by atoms with Crippen molar-refractivity contribution in [3.63, 3.8) is 0 Å². The van der Waals surface area contributed by atoms with Crippen LogP contribution in [0, 0.1) is 0 Å². The lowest BCUT2D eigenvalue weighted by atomic mass is 10.2. The van der Waals surface area contributed by atoms with Gasteiger partial charge in [-0.25, -0.2) is 4.98 Å². The molecule has 1 heterocycles. The van der Waals surface area contributed by atoms with E-state index in [1.165, 1.54) is 6.92 Å². The molecule has 1 aromatic heterocycles. The molecule has 1 aromatic carbocycles. The predicted molar refractivity (Wildman–Crippen MR) is 90.9 cm³/mol. The van der Waals surface area contributed by atoms with Gasteiger partial charge in [-0.1, -0.05) is 36.8 Å². The molecule has 2 rings (SSSR count). The predicted octanol–water partition coefficient (Wildman–Crippen LogP) is 2.65. The molecule has 0 saturated heterocycles. The van der Waals surface area contributed by atoms with Crippen LogP contribution >= 0.6 is 0 Å². The fraction of sp³-hybridized carbons (Fsp3) is 0.389. The zero-order valence-corrected chi connectivity index (χ0v) is 13.9. The van der Waals surface area contributed by atoms with E-state index in [1.54, 1.807) is 6.20 Å². The Kier molecular flexibility index (Phi) is 7.01. The van der Waals surface area contributed by atoms with Gasteiger partial charge in [-0.3, -0.25) is 9.59 Å². The van der Waals surface area contributed by atoms with Crippen molar-refractivity contribution < 1.29 is 14.0 Å². The van der Waals surface area contributed by atoms with E-state index in [1.807, 2.05) is 30.3 Å². The van der Waals surface area contributed by atoms with Crippen LogP contribution in [0.1, 0.15) is 38.5 Å². The van der Waals surface area contributed by atoms with Crippen molar-refractivity contribution in [1.82, 2.24) is 15.6 Å². The second kappa shape index (κ2) is 9.50. The van der Waals surface area contributed by atoms with Crippen molar-refractivity contribution in [2.24, 2.45) is 0 Å². The molecule has 6 heteroatoms. The maximum atomic E-state index is 11.8. The molecule has 2 aromatic rings. The summed E-state index contributed by atoms with van der Waals surface area (Å²) in [5, 5.41) is 5.54. The first kappa shape index (κ1) is 17.7. The molecule has 0 aliphatic rings. The lowest BCUT2D eigenvalue weighted by Crippen LogP contribution is -2.23. The van der Waals surface area contributed by atoms with E-state index in [-0.39, 0.29) is 18.4 Å². The van der Waals surface area contributed by atoms with E-state index >= 15 is 0 Å². The van der Waals surface area contributed by atoms with Crippen LogP contribution in [0.15, 0.2) is 40.9 Å². The molecule has 0 radical (unpaired) electrons. The third-order valence-corrected chi connectivity index (χ3v) is 3.50. The molecular formula is C18H23N3O3. The number of carbonyl (C=O) groups excluding carboxylic acids is 2. The van der Waals surface area contributed by atoms with Crippen LogP contribution in [0.2, 0.25) is 0 Å². The van der Waals surface area contributed by atoms with Gasteiger partial charge in [0.2, 0.25) is 17.7 Å². The van der Waals surface area contributed by atoms with Gasteiger partial charge in [-0.2, -0.15) is 0 Å². The molecule has 0 saturated carbocycles. The number of carbonyl (C=O) groups is 2. The highest BCUT2D eigenvalue weighted by atomic mass is 16.4. The highest BCUT2D eigenvalue weighted by Crippen LogP contribution is 2.19. The number of hydrogen-bond donors (Lipinski definition) is 2. The number of amides is 2. The van der Waals surface area contributed by atoms with Crippen molar-refractivity contribution in [1.29, 1.82) is 0 Å². The molecule has 2 N–H and O–H groups in total. The van der Waals surface area contributed by atoms with Gasteiger partial charge < -0.3 is 15.1 Å². The first-order valence-corrected chi connectivity index (χ1v) is 8.16. The Hall–Kier alpha value is -2.63. The summed E-state index contributed by atoms with van der Waals surface area (Å²) in [5.74, 6) is 1.15. The molecule has 0 bridgehead atoms. The van der Waals surface area contributed by atoms with Crippen LogP contribution in [0.5, 0.6) is 0 Å². The van der Waals surface area contributed by atoms with Gasteiger partial charge in [0.25, 0.3) is 0 Å². The summed E-state index contributed by atoms with van der Waals surface area (Å²) in [6.45, 7) is 2.45. The number of oxazole rings is 1. The van der Waals surface area contributed by atoms with Crippen molar-refractivity contribution in [3.8, 4) is 11.3 Å². The summed E-state index contributed by atoms with van der Waals surface area (Å²) in [7, 11) is 0. The van der Waals surface area contributed by atoms with Gasteiger partial charge in [-0.15, -0.1) is 0 Å². The molecule has 0 unspecified atom stereocenters. The van der Waals surface area contributed by atoms with E-state index in [4.69, 9.17) is 4.42 Å². The van der Waals surface area contributed by atoms with Crippen LogP contribution in [0.3, 0.4) is 0 Å². The summed E-state index contributed by atoms with van der Waals surface area (Å²) in [6.07, 6.45) is 4.72. The van der Waals surface area contributed by atoms with E-state index in [0.29, 0.717) is 24.6 Å². The zero-order chi connectivity index (χ0) is 17.2. The van der Waals surface area contributed by atoms with Crippen molar-refractivity contribution in [2.45, 2.75) is 39.2 Å². The molecule has 0 aliphatic heterocycles. The largest absolute Gasteiger partial charge is 0.439 e. The molecule has 6 nitrogen and oxygen atoms in total. The standard InChI is InChI=1S/C18H23N3O3/c1-14(22)19-11-7-3-6-10-17(23)20-13-18-21-12-16(24-18)15-8-4-2-5-9-15/h2,4-5,8-9,12H,3,6-7,10-11,13H2,1H3,(H,19,22)(H,20,23). The summed E-state index contributed by atoms with van der Waals surface area (Å²) in [6, 6.07) is 9.71. The minimum atomic E-state index is -0.0198. The first-order valence-electron chi connectivity index (χ1n) is 8.16. The third-order valence-electron chi connectivity index (χ3n) is 3.50. The van der Waals surface area contributed by atoms with Gasteiger partial charge in [0.1, 0.15) is 0 Å². The minimum Gasteiger partial charge on any atom is -0.439 e. The molecule has 2 amide bonds. The summed E-state index contributed by atoms with van der Waals surface area (Å²) < 4.78 is 5.63. The van der Waals surface area contributed by atoms with Gasteiger partial charge in [0.05, 0.1) is 12.7 Å². The third kappa shape index (κ3) is 6.24. The van der Waals surface area contributed by atoms with Gasteiger partial charge in [0.15, 0.2) is 5.76 Å². The lowest BCUT2D eigenvalue weighted by Gasteiger charge is -2.04. The van der Waals surface area contributed by atoms with Gasteiger partial charge in [0, 0.05) is 25.5 Å². The first-order chi connectivity index (χ1) is 11.6. The van der Waals surface area contributed by atoms with E-state index in [0.717, 1.165) is 24.8 Å². The van der Waals surface area contributed by atoms with Crippen molar-refractivity contribution >= 4 is 11.8 Å². The molecule has 0 aliphatic carbocycles. The Labute approximate surface area is 141 Å². The van der Waals surface area contributed by atoms with E-state index < -0.39 is 0 Å². The summed E-state index contributed by atoms with van der Waals surface area (Å²) in [4.78, 5) is 26.7. The number of hydrogen-bond acceptors (Lipinski definition) is 4. The average Bonchev–Trinajstić information content (AvgIpc) is 3.06. The monoisotopic (exact) mass is 329 g/mol. The molecule has 0 fully saturated rings. The maximum absolute atomic E-state index is 11.8. The fourth-order valence-electron chi connectivity index (χ4n) is 2.24. The lowest BCUT2D eigenvalue weighted by molar-refractivity contribution is -0.121. The molecule has 0 spiro atoms. The van der Waals surface area contributed by atoms with Crippen LogP contribution < -0.4 is 10.6 Å². The van der Waals surface area contributed by atoms with Crippen LogP contribution in [0.25, 0.3) is 11.3 Å². The highest BCUT2D eigenvalue weighted by Gasteiger charge is 2.07. The van der Waals surface area contributed by atoms with E-state index in [9.17, 15) is 9.59 Å². The van der Waals surface area contributed by atoms with Crippen molar-refractivity contribution in [3.05, 3.63) is 42.4 Å². The second-order valence-corrected chi connectivity index (χ2v) is 5.55. The molecular weight excluding hydrogens is 306 g/mol. The summed E-state index contributed by atoms with van der Waals surface area (Å²) >= 11 is 0. The Morgan fingerprint density at radius 3 is 2.62 bits per heavy atom. The maximum Gasteiger partial charge on any atom is 0.220 e. The molecule has 24 heavy (non-hydrogen) atoms. The summed E-state index contributed by atoms with van der Waals surface area (Å²) in [5.41, 5.74) is 0.960. The number of benzene rings is 1. The average molecular weight is 329 g/mol. The fourth-order valence-corrected chi connectivity index (χ4v) is 2.24. The quantitative estimate of drug-likeness (QED) is 0.693. The Bertz CT molecular complexity index is 653. The van der Waals surface area contributed by atoms with Gasteiger partial charge in [-0.05, 0) is 12.8 Å². The molecule has 0 atom stereocenters. The SMILES string of the molecule is CC(=O)NCCCCCC(=O)NCc1ncc(-c2ccccc2)o1. The van der Waals surface area contributed by atoms with Crippen LogP contribution in [-0.4, -0.2) is 23.3 Å². The zero-order valence-electron chi connectivity index (χ0n) is 13.9. The minimum absolute atomic E-state index is 0.0195. The Morgan fingerprint density at radius 2 is 1.88 bits per heavy atom. The Morgan fingerprint density at radius 1 is 1.08 bits per heavy atom. The van der Waals surface area contributed by atoms with Crippen molar-refractivity contribution in [2.75, 3.05) is 6.54 Å². The van der Waals surface area contributed by atoms with Gasteiger partial charge >= 0.3 is 0 Å². The topological polar surface area (TPSA) is 84.2 Å². The molecule has 128 valence electrons. The number of nitrogens with zero attached hydrogens (tertiary/aromatic N) is 1. The van der Waals surface area contributed by atoms with Crippen LogP contribution in [0.4, 0.5) is 0 Å². The normalized spacial score (nSPS) is 10.4. The highest BCUT2D eigenvalue weighted by molar-refractivity contribution is 5.75. The Balaban J connectivity index is 1.64. The smallest absolute Gasteiger partial charge is 0.220 e. The number of aromatic nitrogens is 1. The number of nitrogens with one attached hydrogen (secondary N) is 2. The van der Waals surface area contributed by atoms with Crippen LogP contribution in [-0.2, 0) is 16.1 Å².